The van der Waals surface area contributed by atoms with E-state index in [1.165, 1.54) is 11.1 Å². The monoisotopic (exact) mass is 398 g/mol. The van der Waals surface area contributed by atoms with E-state index in [0.717, 1.165) is 33.5 Å². The molecule has 0 radical (unpaired) electrons. The van der Waals surface area contributed by atoms with Crippen molar-refractivity contribution >= 4 is 31.9 Å². The van der Waals surface area contributed by atoms with E-state index in [1.54, 1.807) is 7.11 Å². The summed E-state index contributed by atoms with van der Waals surface area (Å²) in [6, 6.07) is 12.0. The molecule has 0 amide bonds. The standard InChI is InChI=1S/C16H16Br2O2/c1-3-11-4-7-15(16(9-11)19-2)20-14-6-5-12(10-17)8-13(14)18/h4-9H,3,10H2,1-2H3. The van der Waals surface area contributed by atoms with Gasteiger partial charge in [-0.15, -0.1) is 0 Å². The van der Waals surface area contributed by atoms with Gasteiger partial charge < -0.3 is 9.47 Å². The fraction of sp³-hybridized carbons (Fsp3) is 0.250. The highest BCUT2D eigenvalue weighted by molar-refractivity contribution is 9.10. The lowest BCUT2D eigenvalue weighted by Gasteiger charge is -2.13. The van der Waals surface area contributed by atoms with Gasteiger partial charge in [0.25, 0.3) is 0 Å². The molecule has 2 nitrogen and oxygen atoms in total. The Morgan fingerprint density at radius 1 is 0.950 bits per heavy atom. The highest BCUT2D eigenvalue weighted by Gasteiger charge is 2.09. The molecule has 0 aliphatic rings. The molecule has 0 atom stereocenters. The van der Waals surface area contributed by atoms with Crippen molar-refractivity contribution in [1.29, 1.82) is 0 Å². The van der Waals surface area contributed by atoms with Crippen molar-refractivity contribution in [2.24, 2.45) is 0 Å². The number of methoxy groups -OCH3 is 1. The van der Waals surface area contributed by atoms with Gasteiger partial charge in [-0.3, -0.25) is 0 Å². The number of ether oxygens (including phenoxy) is 2. The summed E-state index contributed by atoms with van der Waals surface area (Å²) in [5.41, 5.74) is 2.42. The molecular formula is C16H16Br2O2. The summed E-state index contributed by atoms with van der Waals surface area (Å²) in [7, 11) is 1.66. The van der Waals surface area contributed by atoms with Crippen LogP contribution in [0.5, 0.6) is 17.2 Å². The lowest BCUT2D eigenvalue weighted by atomic mass is 10.1. The first-order valence-electron chi connectivity index (χ1n) is 6.37. The van der Waals surface area contributed by atoms with Crippen LogP contribution >= 0.6 is 31.9 Å². The average Bonchev–Trinajstić information content (AvgIpc) is 2.49. The molecule has 2 aromatic rings. The van der Waals surface area contributed by atoms with E-state index >= 15 is 0 Å². The molecule has 2 aromatic carbocycles. The first-order valence-corrected chi connectivity index (χ1v) is 8.28. The van der Waals surface area contributed by atoms with Crippen molar-refractivity contribution in [2.75, 3.05) is 7.11 Å². The third kappa shape index (κ3) is 3.55. The van der Waals surface area contributed by atoms with Gasteiger partial charge in [-0.1, -0.05) is 35.0 Å². The summed E-state index contributed by atoms with van der Waals surface area (Å²) >= 11 is 6.97. The maximum Gasteiger partial charge on any atom is 0.169 e. The molecule has 0 heterocycles. The minimum atomic E-state index is 0.719. The van der Waals surface area contributed by atoms with Crippen LogP contribution in [0.15, 0.2) is 40.9 Å². The fourth-order valence-corrected chi connectivity index (χ4v) is 2.70. The van der Waals surface area contributed by atoms with E-state index in [2.05, 4.69) is 44.8 Å². The Kier molecular flexibility index (Phi) is 5.49. The van der Waals surface area contributed by atoms with Gasteiger partial charge in [0.15, 0.2) is 11.5 Å². The maximum atomic E-state index is 5.94. The van der Waals surface area contributed by atoms with E-state index in [1.807, 2.05) is 30.3 Å². The van der Waals surface area contributed by atoms with Crippen LogP contribution in [0.3, 0.4) is 0 Å². The topological polar surface area (TPSA) is 18.5 Å². The number of benzene rings is 2. The largest absolute Gasteiger partial charge is 0.493 e. The summed E-state index contributed by atoms with van der Waals surface area (Å²) in [4.78, 5) is 0. The fourth-order valence-electron chi connectivity index (χ4n) is 1.84. The third-order valence-corrected chi connectivity index (χ3v) is 4.27. The van der Waals surface area contributed by atoms with Gasteiger partial charge in [-0.25, -0.2) is 0 Å². The molecule has 0 aromatic heterocycles. The zero-order valence-electron chi connectivity index (χ0n) is 11.5. The molecule has 0 N–H and O–H groups in total. The maximum absolute atomic E-state index is 5.94. The molecule has 0 aliphatic carbocycles. The third-order valence-electron chi connectivity index (χ3n) is 3.01. The molecule has 0 aliphatic heterocycles. The van der Waals surface area contributed by atoms with Gasteiger partial charge in [0.2, 0.25) is 0 Å². The van der Waals surface area contributed by atoms with Crippen molar-refractivity contribution in [3.63, 3.8) is 0 Å². The quantitative estimate of drug-likeness (QED) is 0.599. The van der Waals surface area contributed by atoms with Crippen LogP contribution in [0.25, 0.3) is 0 Å². The second-order valence-corrected chi connectivity index (χ2v) is 5.75. The first-order chi connectivity index (χ1) is 9.67. The Hall–Kier alpha value is -1.000. The normalized spacial score (nSPS) is 10.4. The molecule has 0 bridgehead atoms. The van der Waals surface area contributed by atoms with E-state index in [4.69, 9.17) is 9.47 Å². The number of alkyl halides is 1. The van der Waals surface area contributed by atoms with Crippen molar-refractivity contribution in [2.45, 2.75) is 18.7 Å². The minimum Gasteiger partial charge on any atom is -0.493 e. The van der Waals surface area contributed by atoms with Gasteiger partial charge in [0, 0.05) is 5.33 Å². The summed E-state index contributed by atoms with van der Waals surface area (Å²) in [5.74, 6) is 2.25. The summed E-state index contributed by atoms with van der Waals surface area (Å²) in [6.07, 6.45) is 0.973. The molecule has 2 rings (SSSR count). The predicted octanol–water partition coefficient (Wildman–Crippen LogP) is 5.71. The number of rotatable bonds is 5. The Labute approximate surface area is 136 Å². The second kappa shape index (κ2) is 7.14. The van der Waals surface area contributed by atoms with Crippen molar-refractivity contribution < 1.29 is 9.47 Å². The van der Waals surface area contributed by atoms with E-state index in [9.17, 15) is 0 Å². The Balaban J connectivity index is 2.29. The molecule has 106 valence electrons. The van der Waals surface area contributed by atoms with Crippen molar-refractivity contribution in [1.82, 2.24) is 0 Å². The highest BCUT2D eigenvalue weighted by Crippen LogP contribution is 2.36. The van der Waals surface area contributed by atoms with Crippen molar-refractivity contribution in [3.05, 3.63) is 52.0 Å². The molecule has 0 spiro atoms. The average molecular weight is 400 g/mol. The summed E-state index contributed by atoms with van der Waals surface area (Å²) in [5, 5.41) is 0.820. The molecular weight excluding hydrogens is 384 g/mol. The van der Waals surface area contributed by atoms with Gasteiger partial charge in [-0.2, -0.15) is 0 Å². The smallest absolute Gasteiger partial charge is 0.169 e. The van der Waals surface area contributed by atoms with Crippen LogP contribution in [-0.4, -0.2) is 7.11 Å². The van der Waals surface area contributed by atoms with Crippen LogP contribution in [0.4, 0.5) is 0 Å². The molecule has 0 unspecified atom stereocenters. The SMILES string of the molecule is CCc1ccc(Oc2ccc(CBr)cc2Br)c(OC)c1. The van der Waals surface area contributed by atoms with Gasteiger partial charge in [-0.05, 0) is 57.7 Å². The minimum absolute atomic E-state index is 0.719. The number of aryl methyl sites for hydroxylation is 1. The predicted molar refractivity (Wildman–Crippen MR) is 89.2 cm³/mol. The van der Waals surface area contributed by atoms with Crippen LogP contribution in [-0.2, 0) is 11.8 Å². The summed E-state index contributed by atoms with van der Waals surface area (Å²) < 4.78 is 12.3. The molecule has 4 heteroatoms. The number of halogens is 2. The van der Waals surface area contributed by atoms with E-state index in [-0.39, 0.29) is 0 Å². The Morgan fingerprint density at radius 3 is 2.25 bits per heavy atom. The van der Waals surface area contributed by atoms with E-state index in [0.29, 0.717) is 0 Å². The van der Waals surface area contributed by atoms with Gasteiger partial charge >= 0.3 is 0 Å². The lowest BCUT2D eigenvalue weighted by molar-refractivity contribution is 0.377. The zero-order valence-corrected chi connectivity index (χ0v) is 14.6. The van der Waals surface area contributed by atoms with Gasteiger partial charge in [0.1, 0.15) is 5.75 Å². The molecule has 0 saturated heterocycles. The Morgan fingerprint density at radius 2 is 1.65 bits per heavy atom. The second-order valence-electron chi connectivity index (χ2n) is 4.34. The Bertz CT molecular complexity index is 597. The molecule has 20 heavy (non-hydrogen) atoms. The first kappa shape index (κ1) is 15.4. The van der Waals surface area contributed by atoms with Crippen LogP contribution < -0.4 is 9.47 Å². The van der Waals surface area contributed by atoms with Crippen LogP contribution in [0, 0.1) is 0 Å². The summed E-state index contributed by atoms with van der Waals surface area (Å²) in [6.45, 7) is 2.12. The zero-order chi connectivity index (χ0) is 14.5. The van der Waals surface area contributed by atoms with E-state index < -0.39 is 0 Å². The molecule has 0 saturated carbocycles. The van der Waals surface area contributed by atoms with Crippen LogP contribution in [0.1, 0.15) is 18.1 Å². The number of hydrogen-bond acceptors (Lipinski definition) is 2. The van der Waals surface area contributed by atoms with Crippen molar-refractivity contribution in [3.8, 4) is 17.2 Å². The lowest BCUT2D eigenvalue weighted by Crippen LogP contribution is -1.93. The molecule has 0 fully saturated rings. The van der Waals surface area contributed by atoms with Crippen LogP contribution in [0.2, 0.25) is 0 Å². The number of hydrogen-bond donors (Lipinski definition) is 0. The van der Waals surface area contributed by atoms with Gasteiger partial charge in [0.05, 0.1) is 11.6 Å². The highest BCUT2D eigenvalue weighted by atomic mass is 79.9.